The van der Waals surface area contributed by atoms with Crippen LogP contribution in [0.4, 0.5) is 23.7 Å². The van der Waals surface area contributed by atoms with Crippen LogP contribution in [0.15, 0.2) is 60.8 Å². The van der Waals surface area contributed by atoms with Crippen molar-refractivity contribution in [2.75, 3.05) is 0 Å². The molecule has 0 unspecified atom stereocenters. The van der Waals surface area contributed by atoms with E-state index in [1.165, 1.54) is 47.3 Å². The van der Waals surface area contributed by atoms with Gasteiger partial charge in [0, 0.05) is 23.7 Å². The van der Waals surface area contributed by atoms with Crippen molar-refractivity contribution in [3.63, 3.8) is 0 Å². The smallest absolute Gasteiger partial charge is 0.450 e. The van der Waals surface area contributed by atoms with Crippen molar-refractivity contribution in [1.82, 2.24) is 9.78 Å². The van der Waals surface area contributed by atoms with Crippen LogP contribution in [-0.4, -0.2) is 26.0 Å². The highest BCUT2D eigenvalue weighted by Crippen LogP contribution is 2.45. The topological polar surface area (TPSA) is 107 Å². The molecule has 1 aromatic heterocycles. The van der Waals surface area contributed by atoms with Crippen molar-refractivity contribution in [3.05, 3.63) is 82.0 Å². The summed E-state index contributed by atoms with van der Waals surface area (Å²) in [6.07, 6.45) is -4.60. The molecule has 3 aromatic rings. The van der Waals surface area contributed by atoms with E-state index in [2.05, 4.69) is 5.10 Å². The van der Waals surface area contributed by atoms with E-state index in [1.54, 1.807) is 26.8 Å². The lowest BCUT2D eigenvalue weighted by Crippen LogP contribution is -2.47. The average Bonchev–Trinajstić information content (AvgIpc) is 3.19. The second-order valence-electron chi connectivity index (χ2n) is 8.70. The van der Waals surface area contributed by atoms with E-state index < -0.39 is 33.8 Å². The molecule has 1 heterocycles. The molecule has 0 bridgehead atoms. The number of aromatic nitrogens is 2. The summed E-state index contributed by atoms with van der Waals surface area (Å²) >= 11 is 0. The first-order valence-corrected chi connectivity index (χ1v) is 10.1. The fourth-order valence-electron chi connectivity index (χ4n) is 3.75. The van der Waals surface area contributed by atoms with Crippen LogP contribution in [0, 0.1) is 15.5 Å². The van der Waals surface area contributed by atoms with Gasteiger partial charge in [0.25, 0.3) is 5.69 Å². The molecule has 180 valence electrons. The van der Waals surface area contributed by atoms with Crippen LogP contribution < -0.4 is 0 Å². The standard InChI is InChI=1S/C23H22F3N3O5/c1-21(2,3)22(34-20(30)31,16-8-10-18(11-9-16)29(32)33)14-28-19(12-13-27-28)15-4-6-17(7-5-15)23(24,25)26/h4-13H,14H2,1-3H3,(H,30,31)/t22-/m1/s1. The molecule has 0 saturated heterocycles. The third-order valence-corrected chi connectivity index (χ3v) is 5.61. The molecule has 0 amide bonds. The Morgan fingerprint density at radius 2 is 1.59 bits per heavy atom. The van der Waals surface area contributed by atoms with Gasteiger partial charge in [-0.3, -0.25) is 14.8 Å². The summed E-state index contributed by atoms with van der Waals surface area (Å²) in [5.41, 5.74) is -2.13. The Morgan fingerprint density at radius 3 is 2.06 bits per heavy atom. The van der Waals surface area contributed by atoms with E-state index in [1.807, 2.05) is 0 Å². The van der Waals surface area contributed by atoms with Gasteiger partial charge in [0.2, 0.25) is 0 Å². The molecule has 0 aliphatic heterocycles. The molecule has 11 heteroatoms. The van der Waals surface area contributed by atoms with E-state index in [0.717, 1.165) is 12.1 Å². The number of non-ortho nitro benzene ring substituents is 1. The second-order valence-corrected chi connectivity index (χ2v) is 8.70. The highest BCUT2D eigenvalue weighted by atomic mass is 19.4. The SMILES string of the molecule is CC(C)(C)[C@](Cn1nccc1-c1ccc(C(F)(F)F)cc1)(OC(=O)O)c1ccc([N+](=O)[O-])cc1. The zero-order valence-corrected chi connectivity index (χ0v) is 18.5. The monoisotopic (exact) mass is 477 g/mol. The van der Waals surface area contributed by atoms with Gasteiger partial charge in [0.1, 0.15) is 0 Å². The molecule has 0 aliphatic rings. The van der Waals surface area contributed by atoms with Gasteiger partial charge in [0.05, 0.1) is 22.7 Å². The highest BCUT2D eigenvalue weighted by Gasteiger charge is 2.48. The van der Waals surface area contributed by atoms with Crippen LogP contribution in [0.1, 0.15) is 31.9 Å². The Hall–Kier alpha value is -3.89. The van der Waals surface area contributed by atoms with Crippen LogP contribution in [0.25, 0.3) is 11.3 Å². The molecule has 0 fully saturated rings. The molecular formula is C23H22F3N3O5. The van der Waals surface area contributed by atoms with Crippen molar-refractivity contribution in [3.8, 4) is 11.3 Å². The number of hydrogen-bond donors (Lipinski definition) is 1. The van der Waals surface area contributed by atoms with Gasteiger partial charge in [-0.15, -0.1) is 0 Å². The van der Waals surface area contributed by atoms with E-state index >= 15 is 0 Å². The van der Waals surface area contributed by atoms with Crippen molar-refractivity contribution in [2.45, 2.75) is 39.1 Å². The van der Waals surface area contributed by atoms with Gasteiger partial charge in [-0.2, -0.15) is 18.3 Å². The predicted molar refractivity (Wildman–Crippen MR) is 116 cm³/mol. The van der Waals surface area contributed by atoms with E-state index in [4.69, 9.17) is 4.74 Å². The second kappa shape index (κ2) is 8.81. The number of ether oxygens (including phenoxy) is 1. The van der Waals surface area contributed by atoms with Crippen LogP contribution in [0.5, 0.6) is 0 Å². The van der Waals surface area contributed by atoms with Gasteiger partial charge >= 0.3 is 12.3 Å². The van der Waals surface area contributed by atoms with Gasteiger partial charge < -0.3 is 9.84 Å². The number of carboxylic acid groups (broad SMARTS) is 1. The third kappa shape index (κ3) is 4.87. The summed E-state index contributed by atoms with van der Waals surface area (Å²) in [4.78, 5) is 22.3. The first-order chi connectivity index (χ1) is 15.7. The number of nitro groups is 1. The predicted octanol–water partition coefficient (Wildman–Crippen LogP) is 6.11. The number of nitrogens with zero attached hydrogens (tertiary/aromatic N) is 3. The first-order valence-electron chi connectivity index (χ1n) is 10.1. The average molecular weight is 477 g/mol. The summed E-state index contributed by atoms with van der Waals surface area (Å²) in [7, 11) is 0. The minimum Gasteiger partial charge on any atom is -0.450 e. The maximum atomic E-state index is 13.0. The fraction of sp³-hybridized carbons (Fsp3) is 0.304. The molecule has 8 nitrogen and oxygen atoms in total. The minimum atomic E-state index is -4.48. The summed E-state index contributed by atoms with van der Waals surface area (Å²) in [5.74, 6) is 0. The number of nitro benzene ring substituents is 1. The highest BCUT2D eigenvalue weighted by molar-refractivity contribution is 5.61. The molecule has 1 atom stereocenters. The van der Waals surface area contributed by atoms with Gasteiger partial charge in [0.15, 0.2) is 5.60 Å². The fourth-order valence-corrected chi connectivity index (χ4v) is 3.75. The quantitative estimate of drug-likeness (QED) is 0.261. The molecular weight excluding hydrogens is 455 g/mol. The van der Waals surface area contributed by atoms with Crippen molar-refractivity contribution in [1.29, 1.82) is 0 Å². The lowest BCUT2D eigenvalue weighted by Gasteiger charge is -2.43. The lowest BCUT2D eigenvalue weighted by atomic mass is 9.71. The summed E-state index contributed by atoms with van der Waals surface area (Å²) in [5, 5.41) is 24.9. The molecule has 0 saturated carbocycles. The number of halogens is 3. The zero-order valence-electron chi connectivity index (χ0n) is 18.5. The van der Waals surface area contributed by atoms with E-state index in [0.29, 0.717) is 16.8 Å². The van der Waals surface area contributed by atoms with Gasteiger partial charge in [-0.25, -0.2) is 4.79 Å². The normalized spacial score (nSPS) is 13.8. The van der Waals surface area contributed by atoms with Gasteiger partial charge in [-0.05, 0) is 41.5 Å². The van der Waals surface area contributed by atoms with Crippen LogP contribution in [-0.2, 0) is 23.1 Å². The Morgan fingerprint density at radius 1 is 1.03 bits per heavy atom. The Labute approximate surface area is 192 Å². The van der Waals surface area contributed by atoms with Crippen molar-refractivity contribution < 1.29 is 32.7 Å². The molecule has 1 N–H and O–H groups in total. The van der Waals surface area contributed by atoms with Crippen molar-refractivity contribution in [2.24, 2.45) is 5.41 Å². The minimum absolute atomic E-state index is 0.135. The van der Waals surface area contributed by atoms with Crippen molar-refractivity contribution >= 4 is 11.8 Å². The summed E-state index contributed by atoms with van der Waals surface area (Å²) < 4.78 is 45.7. The van der Waals surface area contributed by atoms with Crippen LogP contribution in [0.3, 0.4) is 0 Å². The maximum Gasteiger partial charge on any atom is 0.506 e. The number of carbonyl (C=O) groups is 1. The number of hydrogen-bond acceptors (Lipinski definition) is 5. The molecule has 2 aromatic carbocycles. The van der Waals surface area contributed by atoms with E-state index in [9.17, 15) is 33.2 Å². The van der Waals surface area contributed by atoms with Gasteiger partial charge in [-0.1, -0.05) is 32.9 Å². The number of rotatable bonds is 6. The molecule has 3 rings (SSSR count). The molecule has 0 aliphatic carbocycles. The first kappa shape index (κ1) is 24.7. The summed E-state index contributed by atoms with van der Waals surface area (Å²) in [6, 6.07) is 11.5. The maximum absolute atomic E-state index is 13.0. The lowest BCUT2D eigenvalue weighted by molar-refractivity contribution is -0.384. The summed E-state index contributed by atoms with van der Waals surface area (Å²) in [6.45, 7) is 5.11. The molecule has 0 radical (unpaired) electrons. The number of benzene rings is 2. The Bertz CT molecular complexity index is 1180. The van der Waals surface area contributed by atoms with E-state index in [-0.39, 0.29) is 12.2 Å². The van der Waals surface area contributed by atoms with Crippen LogP contribution in [0.2, 0.25) is 0 Å². The molecule has 34 heavy (non-hydrogen) atoms. The number of alkyl halides is 3. The third-order valence-electron chi connectivity index (χ3n) is 5.61. The Balaban J connectivity index is 2.11. The Kier molecular flexibility index (Phi) is 6.41. The zero-order chi connectivity index (χ0) is 25.3. The van der Waals surface area contributed by atoms with Crippen LogP contribution >= 0.6 is 0 Å². The largest absolute Gasteiger partial charge is 0.506 e. The molecule has 0 spiro atoms.